The Morgan fingerprint density at radius 3 is 2.58 bits per heavy atom. The molecule has 0 atom stereocenters. The normalized spacial score (nSPS) is 19.1. The number of hydrogen-bond acceptors (Lipinski definition) is 6. The quantitative estimate of drug-likeness (QED) is 0.475. The lowest BCUT2D eigenvalue weighted by Crippen LogP contribution is -2.25. The van der Waals surface area contributed by atoms with Crippen molar-refractivity contribution in [2.75, 3.05) is 10.7 Å². The van der Waals surface area contributed by atoms with Crippen molar-refractivity contribution < 1.29 is 0 Å². The Morgan fingerprint density at radius 1 is 1.21 bits per heavy atom. The number of hydrogen-bond donors (Lipinski definition) is 4. The molecule has 0 amide bonds. The molecule has 2 aromatic heterocycles. The summed E-state index contributed by atoms with van der Waals surface area (Å²) in [6.07, 6.45) is 7.08. The van der Waals surface area contributed by atoms with E-state index in [9.17, 15) is 0 Å². The van der Waals surface area contributed by atoms with Gasteiger partial charge in [-0.3, -0.25) is 10.5 Å². The molecular weight excluding hydrogens is 242 g/mol. The fourth-order valence-corrected chi connectivity index (χ4v) is 2.70. The van der Waals surface area contributed by atoms with Gasteiger partial charge < -0.3 is 5.32 Å². The Labute approximate surface area is 110 Å². The van der Waals surface area contributed by atoms with Gasteiger partial charge in [0.25, 0.3) is 0 Å². The highest BCUT2D eigenvalue weighted by Gasteiger charge is 2.41. The van der Waals surface area contributed by atoms with Crippen LogP contribution in [0.2, 0.25) is 0 Å². The van der Waals surface area contributed by atoms with E-state index in [1.807, 2.05) is 0 Å². The first-order valence-corrected chi connectivity index (χ1v) is 6.79. The monoisotopic (exact) mass is 259 g/mol. The van der Waals surface area contributed by atoms with E-state index in [1.165, 1.54) is 25.7 Å². The molecule has 4 rings (SSSR count). The van der Waals surface area contributed by atoms with Crippen LogP contribution in [-0.2, 0) is 0 Å². The molecular formula is C12H17N7. The van der Waals surface area contributed by atoms with Gasteiger partial charge in [0.1, 0.15) is 5.82 Å². The van der Waals surface area contributed by atoms with Gasteiger partial charge in [-0.1, -0.05) is 0 Å². The van der Waals surface area contributed by atoms with Crippen LogP contribution in [-0.4, -0.2) is 26.2 Å². The fourth-order valence-electron chi connectivity index (χ4n) is 2.70. The molecule has 7 nitrogen and oxygen atoms in total. The molecule has 0 aliphatic heterocycles. The maximum Gasteiger partial charge on any atom is 0.241 e. The van der Waals surface area contributed by atoms with E-state index < -0.39 is 0 Å². The molecule has 2 fully saturated rings. The van der Waals surface area contributed by atoms with Crippen molar-refractivity contribution in [1.29, 1.82) is 0 Å². The molecule has 0 spiro atoms. The van der Waals surface area contributed by atoms with Crippen LogP contribution in [0.15, 0.2) is 6.20 Å². The summed E-state index contributed by atoms with van der Waals surface area (Å²) < 4.78 is 0. The lowest BCUT2D eigenvalue weighted by Gasteiger charge is -2.19. The fraction of sp³-hybridized carbons (Fsp3) is 0.583. The summed E-state index contributed by atoms with van der Waals surface area (Å²) >= 11 is 0. The molecule has 7 heteroatoms. The van der Waals surface area contributed by atoms with E-state index in [4.69, 9.17) is 5.84 Å². The van der Waals surface area contributed by atoms with Crippen molar-refractivity contribution in [2.24, 2.45) is 17.7 Å². The van der Waals surface area contributed by atoms with Crippen molar-refractivity contribution in [3.05, 3.63) is 6.20 Å². The first kappa shape index (κ1) is 11.0. The number of hydrazine groups is 1. The lowest BCUT2D eigenvalue weighted by atomic mass is 10.1. The second kappa shape index (κ2) is 4.06. The van der Waals surface area contributed by atoms with Gasteiger partial charge in [-0.05, 0) is 37.5 Å². The molecule has 19 heavy (non-hydrogen) atoms. The average molecular weight is 259 g/mol. The number of nitrogens with zero attached hydrogens (tertiary/aromatic N) is 3. The van der Waals surface area contributed by atoms with Crippen LogP contribution >= 0.6 is 0 Å². The summed E-state index contributed by atoms with van der Waals surface area (Å²) in [5, 5.41) is 11.4. The molecule has 100 valence electrons. The zero-order valence-corrected chi connectivity index (χ0v) is 10.6. The van der Waals surface area contributed by atoms with E-state index in [0.717, 1.165) is 23.0 Å². The van der Waals surface area contributed by atoms with Gasteiger partial charge in [0.15, 0.2) is 5.65 Å². The van der Waals surface area contributed by atoms with Gasteiger partial charge in [-0.2, -0.15) is 15.1 Å². The first-order chi connectivity index (χ1) is 9.35. The highest BCUT2D eigenvalue weighted by atomic mass is 15.3. The highest BCUT2D eigenvalue weighted by molar-refractivity contribution is 5.87. The molecule has 5 N–H and O–H groups in total. The van der Waals surface area contributed by atoms with E-state index in [2.05, 4.69) is 30.9 Å². The molecule has 2 heterocycles. The first-order valence-electron chi connectivity index (χ1n) is 6.79. The van der Waals surface area contributed by atoms with Gasteiger partial charge >= 0.3 is 0 Å². The molecule has 2 aliphatic rings. The van der Waals surface area contributed by atoms with Crippen LogP contribution in [0.3, 0.4) is 0 Å². The number of fused-ring (bicyclic) bond motifs is 1. The zero-order chi connectivity index (χ0) is 12.8. The van der Waals surface area contributed by atoms with Crippen LogP contribution in [0.5, 0.6) is 0 Å². The Hall–Kier alpha value is -1.89. The summed E-state index contributed by atoms with van der Waals surface area (Å²) in [4.78, 5) is 8.67. The van der Waals surface area contributed by atoms with Crippen LogP contribution in [0.25, 0.3) is 11.0 Å². The van der Waals surface area contributed by atoms with Crippen LogP contribution < -0.4 is 16.6 Å². The van der Waals surface area contributed by atoms with E-state index in [1.54, 1.807) is 6.20 Å². The molecule has 0 saturated heterocycles. The topological polar surface area (TPSA) is 105 Å². The number of rotatable bonds is 5. The van der Waals surface area contributed by atoms with Crippen molar-refractivity contribution >= 4 is 22.8 Å². The third-order valence-electron chi connectivity index (χ3n) is 4.00. The third kappa shape index (κ3) is 1.99. The second-order valence-corrected chi connectivity index (χ2v) is 5.52. The Morgan fingerprint density at radius 2 is 1.95 bits per heavy atom. The summed E-state index contributed by atoms with van der Waals surface area (Å²) in [5.41, 5.74) is 3.21. The van der Waals surface area contributed by atoms with E-state index >= 15 is 0 Å². The van der Waals surface area contributed by atoms with Crippen LogP contribution in [0, 0.1) is 11.8 Å². The number of aromatic nitrogens is 4. The van der Waals surface area contributed by atoms with E-state index in [0.29, 0.717) is 17.6 Å². The summed E-state index contributed by atoms with van der Waals surface area (Å²) in [6.45, 7) is 0. The number of anilines is 2. The number of H-pyrrole nitrogens is 1. The minimum absolute atomic E-state index is 0.407. The maximum absolute atomic E-state index is 5.42. The van der Waals surface area contributed by atoms with Gasteiger partial charge in [0.2, 0.25) is 5.95 Å². The molecule has 0 unspecified atom stereocenters. The molecule has 0 aromatic carbocycles. The van der Waals surface area contributed by atoms with E-state index in [-0.39, 0.29) is 0 Å². The minimum Gasteiger partial charge on any atom is -0.366 e. The van der Waals surface area contributed by atoms with Gasteiger partial charge in [0.05, 0.1) is 11.6 Å². The average Bonchev–Trinajstić information content (AvgIpc) is 3.33. The summed E-state index contributed by atoms with van der Waals surface area (Å²) in [5.74, 6) is 8.26. The van der Waals surface area contributed by atoms with Crippen molar-refractivity contribution in [2.45, 2.75) is 31.7 Å². The molecule has 2 aromatic rings. The Balaban J connectivity index is 1.70. The standard InChI is InChI=1S/C12H17N7/c13-18-12-16-10(8-5-14-19-11(8)17-12)15-9(6-1-2-6)7-3-4-7/h5-7,9H,1-4,13H2,(H3,14,15,16,17,18,19). The van der Waals surface area contributed by atoms with Gasteiger partial charge in [0, 0.05) is 6.04 Å². The summed E-state index contributed by atoms with van der Waals surface area (Å²) in [7, 11) is 0. The van der Waals surface area contributed by atoms with Crippen LogP contribution in [0.4, 0.5) is 11.8 Å². The number of aromatic amines is 1. The predicted molar refractivity (Wildman–Crippen MR) is 72.4 cm³/mol. The Bertz CT molecular complexity index is 587. The highest BCUT2D eigenvalue weighted by Crippen LogP contribution is 2.46. The molecule has 0 bridgehead atoms. The Kier molecular flexibility index (Phi) is 2.34. The number of nitrogens with one attached hydrogen (secondary N) is 3. The largest absolute Gasteiger partial charge is 0.366 e. The molecule has 2 saturated carbocycles. The van der Waals surface area contributed by atoms with Crippen molar-refractivity contribution in [3.8, 4) is 0 Å². The van der Waals surface area contributed by atoms with Crippen LogP contribution in [0.1, 0.15) is 25.7 Å². The second-order valence-electron chi connectivity index (χ2n) is 5.52. The minimum atomic E-state index is 0.407. The number of nitrogens with two attached hydrogens (primary N) is 1. The van der Waals surface area contributed by atoms with Gasteiger partial charge in [-0.25, -0.2) is 5.84 Å². The van der Waals surface area contributed by atoms with Crippen molar-refractivity contribution in [3.63, 3.8) is 0 Å². The van der Waals surface area contributed by atoms with Gasteiger partial charge in [-0.15, -0.1) is 0 Å². The smallest absolute Gasteiger partial charge is 0.241 e. The predicted octanol–water partition coefficient (Wildman–Crippen LogP) is 1.24. The zero-order valence-electron chi connectivity index (χ0n) is 10.6. The lowest BCUT2D eigenvalue weighted by molar-refractivity contribution is 0.566. The maximum atomic E-state index is 5.42. The third-order valence-corrected chi connectivity index (χ3v) is 4.00. The molecule has 2 aliphatic carbocycles. The SMILES string of the molecule is NNc1nc(NC(C2CC2)C2CC2)c2cn[nH]c2n1. The summed E-state index contributed by atoms with van der Waals surface area (Å²) in [6, 6.07) is 0.540. The number of nitrogen functional groups attached to an aromatic ring is 1. The van der Waals surface area contributed by atoms with Crippen molar-refractivity contribution in [1.82, 2.24) is 20.2 Å². The molecule has 0 radical (unpaired) electrons.